The fourth-order valence-electron chi connectivity index (χ4n) is 2.89. The SMILES string of the molecule is c1cc(OC2CCOC2)ccc1CC1CCCCN1. The molecule has 1 aromatic carbocycles. The highest BCUT2D eigenvalue weighted by atomic mass is 16.5. The predicted molar refractivity (Wildman–Crippen MR) is 75.6 cm³/mol. The van der Waals surface area contributed by atoms with E-state index in [-0.39, 0.29) is 6.10 Å². The van der Waals surface area contributed by atoms with E-state index >= 15 is 0 Å². The second-order valence-electron chi connectivity index (χ2n) is 5.60. The first-order chi connectivity index (χ1) is 9.40. The zero-order valence-corrected chi connectivity index (χ0v) is 11.4. The van der Waals surface area contributed by atoms with Crippen molar-refractivity contribution in [2.45, 2.75) is 44.2 Å². The van der Waals surface area contributed by atoms with Gasteiger partial charge in [0, 0.05) is 12.5 Å². The minimum absolute atomic E-state index is 0.242. The van der Waals surface area contributed by atoms with Gasteiger partial charge in [-0.05, 0) is 43.5 Å². The Bertz CT molecular complexity index is 378. The number of ether oxygens (including phenoxy) is 2. The summed E-state index contributed by atoms with van der Waals surface area (Å²) in [5, 5.41) is 3.59. The molecule has 0 bridgehead atoms. The molecule has 3 nitrogen and oxygen atoms in total. The second-order valence-corrected chi connectivity index (χ2v) is 5.60. The van der Waals surface area contributed by atoms with Gasteiger partial charge in [-0.3, -0.25) is 0 Å². The predicted octanol–water partition coefficient (Wildman–Crippen LogP) is 2.54. The molecule has 2 atom stereocenters. The molecule has 3 rings (SSSR count). The topological polar surface area (TPSA) is 30.5 Å². The van der Waals surface area contributed by atoms with Crippen molar-refractivity contribution in [3.05, 3.63) is 29.8 Å². The van der Waals surface area contributed by atoms with Gasteiger partial charge in [0.2, 0.25) is 0 Å². The third-order valence-electron chi connectivity index (χ3n) is 4.01. The third-order valence-corrected chi connectivity index (χ3v) is 4.01. The fourth-order valence-corrected chi connectivity index (χ4v) is 2.89. The minimum Gasteiger partial charge on any atom is -0.488 e. The van der Waals surface area contributed by atoms with Gasteiger partial charge < -0.3 is 14.8 Å². The lowest BCUT2D eigenvalue weighted by Gasteiger charge is -2.23. The van der Waals surface area contributed by atoms with Crippen LogP contribution in [0.2, 0.25) is 0 Å². The van der Waals surface area contributed by atoms with E-state index < -0.39 is 0 Å². The Labute approximate surface area is 115 Å². The first kappa shape index (κ1) is 12.9. The molecule has 2 aliphatic heterocycles. The maximum Gasteiger partial charge on any atom is 0.124 e. The third kappa shape index (κ3) is 3.71. The molecular formula is C16H23NO2. The molecule has 1 N–H and O–H groups in total. The van der Waals surface area contributed by atoms with Gasteiger partial charge in [-0.1, -0.05) is 18.6 Å². The lowest BCUT2D eigenvalue weighted by molar-refractivity contribution is 0.141. The first-order valence-electron chi connectivity index (χ1n) is 7.47. The molecule has 2 aliphatic rings. The van der Waals surface area contributed by atoms with E-state index in [2.05, 4.69) is 29.6 Å². The molecule has 0 aromatic heterocycles. The highest BCUT2D eigenvalue weighted by Gasteiger charge is 2.17. The number of benzene rings is 1. The molecule has 0 spiro atoms. The van der Waals surface area contributed by atoms with Gasteiger partial charge in [0.05, 0.1) is 13.2 Å². The van der Waals surface area contributed by atoms with Gasteiger partial charge in [0.1, 0.15) is 11.9 Å². The van der Waals surface area contributed by atoms with Gasteiger partial charge in [0.15, 0.2) is 0 Å². The van der Waals surface area contributed by atoms with Gasteiger partial charge in [0.25, 0.3) is 0 Å². The summed E-state index contributed by atoms with van der Waals surface area (Å²) in [4.78, 5) is 0. The lowest BCUT2D eigenvalue weighted by atomic mass is 9.98. The Kier molecular flexibility index (Phi) is 4.36. The van der Waals surface area contributed by atoms with Crippen LogP contribution in [0.25, 0.3) is 0 Å². The van der Waals surface area contributed by atoms with E-state index in [0.717, 1.165) is 31.8 Å². The number of nitrogens with one attached hydrogen (secondary N) is 1. The van der Waals surface area contributed by atoms with Crippen molar-refractivity contribution >= 4 is 0 Å². The van der Waals surface area contributed by atoms with Crippen LogP contribution in [0, 0.1) is 0 Å². The molecule has 2 fully saturated rings. The molecule has 1 aromatic rings. The highest BCUT2D eigenvalue weighted by molar-refractivity contribution is 5.28. The van der Waals surface area contributed by atoms with Crippen molar-refractivity contribution < 1.29 is 9.47 Å². The summed E-state index contributed by atoms with van der Waals surface area (Å²) < 4.78 is 11.2. The molecular weight excluding hydrogens is 238 g/mol. The van der Waals surface area contributed by atoms with Crippen molar-refractivity contribution in [3.63, 3.8) is 0 Å². The summed E-state index contributed by atoms with van der Waals surface area (Å²) in [5.41, 5.74) is 1.40. The molecule has 0 radical (unpaired) electrons. The van der Waals surface area contributed by atoms with Gasteiger partial charge in [-0.2, -0.15) is 0 Å². The van der Waals surface area contributed by atoms with E-state index in [4.69, 9.17) is 9.47 Å². The van der Waals surface area contributed by atoms with Crippen LogP contribution in [-0.4, -0.2) is 31.9 Å². The molecule has 104 valence electrons. The molecule has 3 heteroatoms. The number of hydrogen-bond donors (Lipinski definition) is 1. The van der Waals surface area contributed by atoms with Crippen LogP contribution < -0.4 is 10.1 Å². The van der Waals surface area contributed by atoms with Crippen LogP contribution in [0.5, 0.6) is 5.75 Å². The number of hydrogen-bond acceptors (Lipinski definition) is 3. The van der Waals surface area contributed by atoms with Crippen LogP contribution in [-0.2, 0) is 11.2 Å². The largest absolute Gasteiger partial charge is 0.488 e. The second kappa shape index (κ2) is 6.40. The Morgan fingerprint density at radius 3 is 2.74 bits per heavy atom. The molecule has 2 heterocycles. The number of piperidine rings is 1. The first-order valence-corrected chi connectivity index (χ1v) is 7.47. The summed E-state index contributed by atoms with van der Waals surface area (Å²) in [6.07, 6.45) is 6.37. The molecule has 0 aliphatic carbocycles. The van der Waals surface area contributed by atoms with Crippen molar-refractivity contribution in [1.29, 1.82) is 0 Å². The zero-order valence-electron chi connectivity index (χ0n) is 11.4. The maximum atomic E-state index is 5.88. The van der Waals surface area contributed by atoms with Gasteiger partial charge in [-0.25, -0.2) is 0 Å². The monoisotopic (exact) mass is 261 g/mol. The van der Waals surface area contributed by atoms with Gasteiger partial charge >= 0.3 is 0 Å². The molecule has 19 heavy (non-hydrogen) atoms. The maximum absolute atomic E-state index is 5.88. The van der Waals surface area contributed by atoms with Crippen LogP contribution in [0.4, 0.5) is 0 Å². The van der Waals surface area contributed by atoms with Crippen molar-refractivity contribution in [2.75, 3.05) is 19.8 Å². The Balaban J connectivity index is 1.52. The van der Waals surface area contributed by atoms with E-state index in [9.17, 15) is 0 Å². The standard InChI is InChI=1S/C16H23NO2/c1-2-9-17-14(3-1)11-13-4-6-15(7-5-13)19-16-8-10-18-12-16/h4-7,14,16-17H,1-3,8-12H2. The smallest absolute Gasteiger partial charge is 0.124 e. The van der Waals surface area contributed by atoms with Crippen LogP contribution >= 0.6 is 0 Å². The molecule has 0 saturated carbocycles. The quantitative estimate of drug-likeness (QED) is 0.903. The van der Waals surface area contributed by atoms with Crippen molar-refractivity contribution in [3.8, 4) is 5.75 Å². The van der Waals surface area contributed by atoms with Crippen LogP contribution in [0.1, 0.15) is 31.2 Å². The van der Waals surface area contributed by atoms with Crippen molar-refractivity contribution in [2.24, 2.45) is 0 Å². The zero-order chi connectivity index (χ0) is 12.9. The molecule has 0 amide bonds. The Hall–Kier alpha value is -1.06. The molecule has 2 unspecified atom stereocenters. The normalized spacial score (nSPS) is 27.4. The Morgan fingerprint density at radius 2 is 2.05 bits per heavy atom. The summed E-state index contributed by atoms with van der Waals surface area (Å²) in [6.45, 7) is 2.73. The number of rotatable bonds is 4. The summed E-state index contributed by atoms with van der Waals surface area (Å²) >= 11 is 0. The summed E-state index contributed by atoms with van der Waals surface area (Å²) in [6, 6.07) is 9.24. The van der Waals surface area contributed by atoms with Crippen molar-refractivity contribution in [1.82, 2.24) is 5.32 Å². The lowest BCUT2D eigenvalue weighted by Crippen LogP contribution is -2.35. The average molecular weight is 261 g/mol. The van der Waals surface area contributed by atoms with E-state index in [1.165, 1.54) is 31.4 Å². The summed E-state index contributed by atoms with van der Waals surface area (Å²) in [7, 11) is 0. The van der Waals surface area contributed by atoms with Gasteiger partial charge in [-0.15, -0.1) is 0 Å². The highest BCUT2D eigenvalue weighted by Crippen LogP contribution is 2.19. The van der Waals surface area contributed by atoms with Crippen LogP contribution in [0.15, 0.2) is 24.3 Å². The van der Waals surface area contributed by atoms with Crippen LogP contribution in [0.3, 0.4) is 0 Å². The summed E-state index contributed by atoms with van der Waals surface area (Å²) in [5.74, 6) is 0.968. The Morgan fingerprint density at radius 1 is 1.16 bits per heavy atom. The molecule has 2 saturated heterocycles. The van der Waals surface area contributed by atoms with E-state index in [1.807, 2.05) is 0 Å². The van der Waals surface area contributed by atoms with E-state index in [1.54, 1.807) is 0 Å². The van der Waals surface area contributed by atoms with E-state index in [0.29, 0.717) is 6.04 Å². The fraction of sp³-hybridized carbons (Fsp3) is 0.625. The minimum atomic E-state index is 0.242. The average Bonchev–Trinajstić information content (AvgIpc) is 2.95.